The maximum Gasteiger partial charge on any atom is 0.360 e. The van der Waals surface area contributed by atoms with E-state index in [4.69, 9.17) is 31.0 Å². The van der Waals surface area contributed by atoms with E-state index in [1.54, 1.807) is 0 Å². The van der Waals surface area contributed by atoms with Gasteiger partial charge in [0.25, 0.3) is 0 Å². The van der Waals surface area contributed by atoms with Gasteiger partial charge in [-0.25, -0.2) is 10.2 Å². The number of hydrogen-bond donors (Lipinski definition) is 7. The van der Waals surface area contributed by atoms with E-state index in [1.165, 1.54) is 16.4 Å². The van der Waals surface area contributed by atoms with Gasteiger partial charge in [0.2, 0.25) is 16.5 Å². The molecular weight excluding hydrogens is 551 g/mol. The number of fused-ring (bicyclic) bond motifs is 1. The summed E-state index contributed by atoms with van der Waals surface area (Å²) in [6, 6.07) is 0.221. The zero-order valence-electron chi connectivity index (χ0n) is 20.3. The number of nitrogens with zero attached hydrogens (tertiary/aromatic N) is 4. The number of amides is 1. The van der Waals surface area contributed by atoms with E-state index in [0.717, 1.165) is 32.8 Å². The van der Waals surface area contributed by atoms with Gasteiger partial charge < -0.3 is 39.5 Å². The van der Waals surface area contributed by atoms with Crippen molar-refractivity contribution in [1.29, 1.82) is 0 Å². The van der Waals surface area contributed by atoms with E-state index in [-0.39, 0.29) is 17.0 Å². The number of aromatic nitrogens is 4. The van der Waals surface area contributed by atoms with Gasteiger partial charge in [-0.2, -0.15) is 15.1 Å². The Kier molecular flexibility index (Phi) is 8.88. The summed E-state index contributed by atoms with van der Waals surface area (Å²) in [7, 11) is -4.04. The molecule has 38 heavy (non-hydrogen) atoms. The summed E-state index contributed by atoms with van der Waals surface area (Å²) in [5.41, 5.74) is 1.52. The van der Waals surface area contributed by atoms with Crippen LogP contribution in [0.1, 0.15) is 38.3 Å². The summed E-state index contributed by atoms with van der Waals surface area (Å²) in [5.74, 6) is -0.669. The molecule has 0 radical (unpaired) electrons. The van der Waals surface area contributed by atoms with Crippen molar-refractivity contribution in [2.24, 2.45) is 0 Å². The van der Waals surface area contributed by atoms with Gasteiger partial charge in [0.15, 0.2) is 11.9 Å². The van der Waals surface area contributed by atoms with Crippen LogP contribution in [0, 0.1) is 0 Å². The fourth-order valence-electron chi connectivity index (χ4n) is 4.70. The Morgan fingerprint density at radius 2 is 2.00 bits per heavy atom. The zero-order valence-corrected chi connectivity index (χ0v) is 22.0. The molecule has 2 aliphatic rings. The minimum absolute atomic E-state index is 0.0687. The number of rotatable bonds is 11. The average Bonchev–Trinajstić information content (AvgIpc) is 3.58. The highest BCUT2D eigenvalue weighted by Crippen LogP contribution is 2.54. The number of methoxy groups -OCH3 is 1. The van der Waals surface area contributed by atoms with E-state index >= 15 is 0 Å². The van der Waals surface area contributed by atoms with Crippen molar-refractivity contribution in [3.05, 3.63) is 11.5 Å². The Hall–Kier alpha value is -1.98. The van der Waals surface area contributed by atoms with Gasteiger partial charge in [-0.05, 0) is 24.4 Å². The number of carbonyl (C=O) groups excluding carboxylic acids is 1. The number of aliphatic hydroxyl groups is 2. The third-order valence-electron chi connectivity index (χ3n) is 6.68. The zero-order chi connectivity index (χ0) is 27.7. The van der Waals surface area contributed by atoms with Crippen LogP contribution in [0.5, 0.6) is 0 Å². The number of nitrogens with one attached hydrogen (secondary N) is 2. The SMILES string of the molecule is COC[C@](CC(=O)NO)(OC[C@H]1O[C@@H](n2ncc3c(NC4CCCC4)nc(Cl)nc32)[C@H](O)[C@H]1O)P(=O)(O)O. The monoisotopic (exact) mass is 580 g/mol. The number of hydroxylamine groups is 1. The molecule has 7 N–H and O–H groups in total. The van der Waals surface area contributed by atoms with Gasteiger partial charge in [0, 0.05) is 13.2 Å². The topological polar surface area (TPSA) is 231 Å². The van der Waals surface area contributed by atoms with Crippen LogP contribution in [0.2, 0.25) is 5.28 Å². The molecule has 212 valence electrons. The van der Waals surface area contributed by atoms with Gasteiger partial charge in [0.1, 0.15) is 24.1 Å². The van der Waals surface area contributed by atoms with Crippen LogP contribution < -0.4 is 10.8 Å². The second-order valence-electron chi connectivity index (χ2n) is 9.29. The van der Waals surface area contributed by atoms with Crippen molar-refractivity contribution in [2.45, 2.75) is 68.0 Å². The molecule has 3 heterocycles. The Bertz CT molecular complexity index is 1190. The van der Waals surface area contributed by atoms with Crippen molar-refractivity contribution in [3.63, 3.8) is 0 Å². The van der Waals surface area contributed by atoms with Crippen LogP contribution in [0.4, 0.5) is 5.82 Å². The van der Waals surface area contributed by atoms with Crippen LogP contribution in [-0.2, 0) is 23.6 Å². The van der Waals surface area contributed by atoms with Crippen molar-refractivity contribution >= 4 is 42.0 Å². The van der Waals surface area contributed by atoms with Gasteiger partial charge in [-0.3, -0.25) is 14.6 Å². The van der Waals surface area contributed by atoms with Crippen molar-refractivity contribution in [1.82, 2.24) is 25.2 Å². The molecule has 4 rings (SSSR count). The molecule has 0 bridgehead atoms. The molecule has 1 aliphatic carbocycles. The predicted octanol–water partition coefficient (Wildman–Crippen LogP) is -0.114. The molecule has 1 saturated heterocycles. The summed E-state index contributed by atoms with van der Waals surface area (Å²) < 4.78 is 29.6. The highest BCUT2D eigenvalue weighted by molar-refractivity contribution is 7.53. The average molecular weight is 581 g/mol. The van der Waals surface area contributed by atoms with Gasteiger partial charge >= 0.3 is 7.60 Å². The van der Waals surface area contributed by atoms with Crippen LogP contribution >= 0.6 is 19.2 Å². The summed E-state index contributed by atoms with van der Waals surface area (Å²) in [4.78, 5) is 40.1. The lowest BCUT2D eigenvalue weighted by Crippen LogP contribution is -2.45. The normalized spacial score (nSPS) is 26.1. The van der Waals surface area contributed by atoms with Crippen molar-refractivity contribution < 1.29 is 48.8 Å². The molecule has 2 aromatic rings. The maximum atomic E-state index is 12.3. The summed E-state index contributed by atoms with van der Waals surface area (Å²) >= 11 is 6.15. The van der Waals surface area contributed by atoms with Crippen LogP contribution in [0.15, 0.2) is 6.20 Å². The van der Waals surface area contributed by atoms with Gasteiger partial charge in [-0.1, -0.05) is 12.8 Å². The lowest BCUT2D eigenvalue weighted by atomic mass is 10.1. The molecule has 5 atom stereocenters. The fraction of sp³-hybridized carbons (Fsp3) is 0.700. The third kappa shape index (κ3) is 5.79. The van der Waals surface area contributed by atoms with Crippen molar-refractivity contribution in [3.8, 4) is 0 Å². The summed E-state index contributed by atoms with van der Waals surface area (Å²) in [6.45, 7) is -1.39. The molecule has 1 aliphatic heterocycles. The lowest BCUT2D eigenvalue weighted by molar-refractivity contribution is -0.143. The molecule has 1 amide bonds. The standard InChI is InChI=1S/C20H30ClN6O10P/c1-35-9-20(38(32,33)34,6-13(28)26-31)36-8-12-14(29)15(30)18(37-12)27-17-11(7-22-27)16(24-19(21)25-17)23-10-4-2-3-5-10/h7,10,12,14-15,18,29-31H,2-6,8-9H2,1H3,(H,26,28)(H,23,24,25)(H2,32,33,34)/t12-,14+,15-,18-,20-/m1/s1. The van der Waals surface area contributed by atoms with E-state index in [9.17, 15) is 29.4 Å². The minimum atomic E-state index is -5.18. The number of aliphatic hydroxyl groups excluding tert-OH is 2. The minimum Gasteiger partial charge on any atom is -0.387 e. The summed E-state index contributed by atoms with van der Waals surface area (Å²) in [6.07, 6.45) is -1.02. The number of ether oxygens (including phenoxy) is 3. The van der Waals surface area contributed by atoms with E-state index in [1.807, 2.05) is 0 Å². The lowest BCUT2D eigenvalue weighted by Gasteiger charge is -2.33. The first-order valence-corrected chi connectivity index (χ1v) is 13.8. The Labute approximate surface area is 221 Å². The molecule has 0 spiro atoms. The van der Waals surface area contributed by atoms with Gasteiger partial charge in [0.05, 0.1) is 31.2 Å². The van der Waals surface area contributed by atoms with Crippen LogP contribution in [0.3, 0.4) is 0 Å². The van der Waals surface area contributed by atoms with Crippen LogP contribution in [0.25, 0.3) is 11.0 Å². The Morgan fingerprint density at radius 3 is 2.63 bits per heavy atom. The van der Waals surface area contributed by atoms with E-state index in [2.05, 4.69) is 20.4 Å². The molecule has 1 saturated carbocycles. The molecule has 0 aromatic carbocycles. The second kappa shape index (κ2) is 11.6. The number of hydrogen-bond acceptors (Lipinski definition) is 12. The van der Waals surface area contributed by atoms with Crippen LogP contribution in [-0.4, -0.2) is 101 Å². The molecule has 0 unspecified atom stereocenters. The first-order chi connectivity index (χ1) is 18.0. The number of halogens is 1. The maximum absolute atomic E-state index is 12.3. The molecule has 2 aromatic heterocycles. The van der Waals surface area contributed by atoms with E-state index < -0.39 is 63.0 Å². The molecule has 2 fully saturated rings. The predicted molar refractivity (Wildman–Crippen MR) is 129 cm³/mol. The van der Waals surface area contributed by atoms with Gasteiger partial charge in [-0.15, -0.1) is 0 Å². The highest BCUT2D eigenvalue weighted by Gasteiger charge is 2.52. The Morgan fingerprint density at radius 1 is 1.29 bits per heavy atom. The quantitative estimate of drug-likeness (QED) is 0.0795. The number of carbonyl (C=O) groups is 1. The molecular formula is C20H30ClN6O10P. The first kappa shape index (κ1) is 29.0. The smallest absolute Gasteiger partial charge is 0.360 e. The molecule has 18 heteroatoms. The summed E-state index contributed by atoms with van der Waals surface area (Å²) in [5, 5.41) is 35.8. The first-order valence-electron chi connectivity index (χ1n) is 11.8. The second-order valence-corrected chi connectivity index (χ2v) is 11.5. The molecule has 16 nitrogen and oxygen atoms in total. The fourth-order valence-corrected chi connectivity index (χ4v) is 5.75. The highest BCUT2D eigenvalue weighted by atomic mass is 35.5. The van der Waals surface area contributed by atoms with Crippen molar-refractivity contribution in [2.75, 3.05) is 25.6 Å². The Balaban J connectivity index is 1.56. The van der Waals surface area contributed by atoms with E-state index in [0.29, 0.717) is 11.2 Å². The third-order valence-corrected chi connectivity index (χ3v) is 8.33. The number of anilines is 1. The largest absolute Gasteiger partial charge is 0.387 e.